The Labute approximate surface area is 143 Å². The third-order valence-electron chi connectivity index (χ3n) is 3.43. The number of anilines is 1. The summed E-state index contributed by atoms with van der Waals surface area (Å²) in [6, 6.07) is 10.1. The van der Waals surface area contributed by atoms with Crippen molar-refractivity contribution < 1.29 is 4.79 Å². The van der Waals surface area contributed by atoms with Gasteiger partial charge in [0, 0.05) is 16.8 Å². The van der Waals surface area contributed by atoms with Crippen LogP contribution in [0.1, 0.15) is 19.4 Å². The zero-order chi connectivity index (χ0) is 16.9. The summed E-state index contributed by atoms with van der Waals surface area (Å²) >= 11 is 5.88. The zero-order valence-electron chi connectivity index (χ0n) is 12.9. The summed E-state index contributed by atoms with van der Waals surface area (Å²) in [7, 11) is 0. The number of pyridine rings is 1. The minimum absolute atomic E-state index is 0.217. The van der Waals surface area contributed by atoms with Crippen molar-refractivity contribution in [3.63, 3.8) is 0 Å². The van der Waals surface area contributed by atoms with E-state index in [0.717, 1.165) is 5.56 Å². The average Bonchev–Trinajstić information content (AvgIpc) is 3.07. The van der Waals surface area contributed by atoms with E-state index in [9.17, 15) is 4.79 Å². The van der Waals surface area contributed by atoms with Gasteiger partial charge in [0.15, 0.2) is 6.04 Å². The number of hydrogen-bond acceptors (Lipinski definition) is 5. The minimum atomic E-state index is -0.557. The van der Waals surface area contributed by atoms with E-state index in [1.54, 1.807) is 48.8 Å². The molecule has 0 fully saturated rings. The van der Waals surface area contributed by atoms with Gasteiger partial charge < -0.3 is 5.32 Å². The molecule has 0 radical (unpaired) electrons. The summed E-state index contributed by atoms with van der Waals surface area (Å²) in [6.45, 7) is 1.89. The third-order valence-corrected chi connectivity index (χ3v) is 3.68. The second-order valence-electron chi connectivity index (χ2n) is 5.10. The highest BCUT2D eigenvalue weighted by Gasteiger charge is 2.22. The number of amides is 1. The van der Waals surface area contributed by atoms with Crippen LogP contribution in [0.2, 0.25) is 5.02 Å². The lowest BCUT2D eigenvalue weighted by Crippen LogP contribution is -2.27. The number of aromatic nitrogens is 5. The summed E-state index contributed by atoms with van der Waals surface area (Å²) in [5.74, 6) is 0.227. The number of carbonyl (C=O) groups is 1. The first-order valence-corrected chi connectivity index (χ1v) is 7.81. The van der Waals surface area contributed by atoms with Crippen molar-refractivity contribution in [1.82, 2.24) is 25.2 Å². The Morgan fingerprint density at radius 2 is 2.08 bits per heavy atom. The molecule has 3 aromatic rings. The number of benzene rings is 1. The largest absolute Gasteiger partial charge is 0.323 e. The van der Waals surface area contributed by atoms with Crippen LogP contribution >= 0.6 is 11.6 Å². The van der Waals surface area contributed by atoms with Crippen LogP contribution in [0.25, 0.3) is 11.4 Å². The van der Waals surface area contributed by atoms with Crippen LogP contribution in [0.15, 0.2) is 48.8 Å². The summed E-state index contributed by atoms with van der Waals surface area (Å²) in [6.07, 6.45) is 3.76. The number of carbonyl (C=O) groups excluding carboxylic acids is 1. The second kappa shape index (κ2) is 7.18. The van der Waals surface area contributed by atoms with Crippen LogP contribution in [0.4, 0.5) is 5.69 Å². The zero-order valence-corrected chi connectivity index (χ0v) is 13.7. The maximum Gasteiger partial charge on any atom is 0.251 e. The molecule has 7 nitrogen and oxygen atoms in total. The van der Waals surface area contributed by atoms with Gasteiger partial charge in [0.25, 0.3) is 5.91 Å². The molecule has 0 saturated heterocycles. The molecule has 0 aliphatic rings. The fourth-order valence-electron chi connectivity index (χ4n) is 2.19. The van der Waals surface area contributed by atoms with E-state index in [0.29, 0.717) is 23.0 Å². The Hall–Kier alpha value is -2.80. The lowest BCUT2D eigenvalue weighted by molar-refractivity contribution is -0.119. The molecule has 0 aliphatic carbocycles. The standard InChI is InChI=1S/C16H15ClN6O/c1-2-14(16(24)19-13-4-3-9-18-10-13)23-21-15(20-22-23)11-5-7-12(17)8-6-11/h3-10,14H,2H2,1H3,(H,19,24)/t14-/m0/s1. The minimum Gasteiger partial charge on any atom is -0.323 e. The molecule has 2 aromatic heterocycles. The highest BCUT2D eigenvalue weighted by Crippen LogP contribution is 2.19. The maximum absolute atomic E-state index is 12.4. The van der Waals surface area contributed by atoms with Crippen LogP contribution < -0.4 is 5.32 Å². The quantitative estimate of drug-likeness (QED) is 0.770. The normalized spacial score (nSPS) is 11.9. The van der Waals surface area contributed by atoms with E-state index in [1.165, 1.54) is 4.80 Å². The lowest BCUT2D eigenvalue weighted by atomic mass is 10.2. The van der Waals surface area contributed by atoms with Crippen molar-refractivity contribution in [3.05, 3.63) is 53.8 Å². The van der Waals surface area contributed by atoms with Gasteiger partial charge in [-0.05, 0) is 48.0 Å². The molecule has 0 saturated carbocycles. The monoisotopic (exact) mass is 342 g/mol. The summed E-state index contributed by atoms with van der Waals surface area (Å²) in [5, 5.41) is 15.8. The lowest BCUT2D eigenvalue weighted by Gasteiger charge is -2.13. The average molecular weight is 343 g/mol. The van der Waals surface area contributed by atoms with E-state index < -0.39 is 6.04 Å². The first-order chi connectivity index (χ1) is 11.7. The topological polar surface area (TPSA) is 85.6 Å². The van der Waals surface area contributed by atoms with Gasteiger partial charge in [-0.2, -0.15) is 4.80 Å². The van der Waals surface area contributed by atoms with Crippen molar-refractivity contribution in [2.24, 2.45) is 0 Å². The van der Waals surface area contributed by atoms with E-state index in [4.69, 9.17) is 11.6 Å². The van der Waals surface area contributed by atoms with Crippen molar-refractivity contribution in [2.45, 2.75) is 19.4 Å². The molecule has 24 heavy (non-hydrogen) atoms. The van der Waals surface area contributed by atoms with Crippen LogP contribution in [0.3, 0.4) is 0 Å². The van der Waals surface area contributed by atoms with Gasteiger partial charge in [-0.15, -0.1) is 10.2 Å². The van der Waals surface area contributed by atoms with E-state index >= 15 is 0 Å². The molecule has 8 heteroatoms. The van der Waals surface area contributed by atoms with Gasteiger partial charge in [-0.25, -0.2) is 0 Å². The Bertz CT molecular complexity index is 818. The van der Waals surface area contributed by atoms with E-state index in [1.807, 2.05) is 6.92 Å². The van der Waals surface area contributed by atoms with Crippen molar-refractivity contribution in [1.29, 1.82) is 0 Å². The van der Waals surface area contributed by atoms with Crippen LogP contribution in [-0.2, 0) is 4.79 Å². The number of halogens is 1. The van der Waals surface area contributed by atoms with E-state index in [2.05, 4.69) is 25.7 Å². The number of tetrazole rings is 1. The van der Waals surface area contributed by atoms with Gasteiger partial charge in [0.2, 0.25) is 5.82 Å². The van der Waals surface area contributed by atoms with E-state index in [-0.39, 0.29) is 5.91 Å². The Morgan fingerprint density at radius 3 is 2.75 bits per heavy atom. The van der Waals surface area contributed by atoms with Crippen LogP contribution in [-0.4, -0.2) is 31.1 Å². The molecule has 0 spiro atoms. The van der Waals surface area contributed by atoms with Crippen LogP contribution in [0, 0.1) is 0 Å². The molecule has 1 atom stereocenters. The number of nitrogens with zero attached hydrogens (tertiary/aromatic N) is 5. The number of nitrogens with one attached hydrogen (secondary N) is 1. The first-order valence-electron chi connectivity index (χ1n) is 7.43. The third kappa shape index (κ3) is 3.57. The Kier molecular flexibility index (Phi) is 4.81. The summed E-state index contributed by atoms with van der Waals surface area (Å²) in [5.41, 5.74) is 1.41. The molecule has 1 amide bonds. The summed E-state index contributed by atoms with van der Waals surface area (Å²) in [4.78, 5) is 17.7. The first kappa shape index (κ1) is 16.1. The number of rotatable bonds is 5. The predicted octanol–water partition coefficient (Wildman–Crippen LogP) is 2.98. The fraction of sp³-hybridized carbons (Fsp3) is 0.188. The van der Waals surface area contributed by atoms with Gasteiger partial charge in [-0.1, -0.05) is 18.5 Å². The molecule has 2 heterocycles. The fourth-order valence-corrected chi connectivity index (χ4v) is 2.31. The molecule has 1 N–H and O–H groups in total. The Morgan fingerprint density at radius 1 is 1.29 bits per heavy atom. The molecule has 122 valence electrons. The molecule has 1 aromatic carbocycles. The molecule has 0 aliphatic heterocycles. The van der Waals surface area contributed by atoms with Crippen molar-refractivity contribution >= 4 is 23.2 Å². The molecular weight excluding hydrogens is 328 g/mol. The second-order valence-corrected chi connectivity index (χ2v) is 5.53. The maximum atomic E-state index is 12.4. The molecule has 0 bridgehead atoms. The van der Waals surface area contributed by atoms with Gasteiger partial charge in [0.05, 0.1) is 11.9 Å². The molecular formula is C16H15ClN6O. The SMILES string of the molecule is CC[C@@H](C(=O)Nc1cccnc1)n1nnc(-c2ccc(Cl)cc2)n1. The van der Waals surface area contributed by atoms with Gasteiger partial charge >= 0.3 is 0 Å². The molecule has 0 unspecified atom stereocenters. The molecule has 3 rings (SSSR count). The summed E-state index contributed by atoms with van der Waals surface area (Å²) < 4.78 is 0. The van der Waals surface area contributed by atoms with Gasteiger partial charge in [-0.3, -0.25) is 9.78 Å². The van der Waals surface area contributed by atoms with Gasteiger partial charge in [0.1, 0.15) is 0 Å². The Balaban J connectivity index is 1.78. The predicted molar refractivity (Wildman–Crippen MR) is 90.5 cm³/mol. The highest BCUT2D eigenvalue weighted by atomic mass is 35.5. The highest BCUT2D eigenvalue weighted by molar-refractivity contribution is 6.30. The smallest absolute Gasteiger partial charge is 0.251 e. The van der Waals surface area contributed by atoms with Crippen molar-refractivity contribution in [2.75, 3.05) is 5.32 Å². The number of hydrogen-bond donors (Lipinski definition) is 1. The van der Waals surface area contributed by atoms with Crippen LogP contribution in [0.5, 0.6) is 0 Å². The van der Waals surface area contributed by atoms with Crippen molar-refractivity contribution in [3.8, 4) is 11.4 Å².